The van der Waals surface area contributed by atoms with Crippen molar-refractivity contribution in [1.82, 2.24) is 4.98 Å². The molecule has 0 aliphatic rings. The summed E-state index contributed by atoms with van der Waals surface area (Å²) in [6.07, 6.45) is 1.83. The smallest absolute Gasteiger partial charge is 0.311 e. The molecule has 0 atom stereocenters. The summed E-state index contributed by atoms with van der Waals surface area (Å²) in [5.41, 5.74) is 4.39. The van der Waals surface area contributed by atoms with Crippen molar-refractivity contribution in [3.05, 3.63) is 34.8 Å². The van der Waals surface area contributed by atoms with Crippen LogP contribution in [0.3, 0.4) is 0 Å². The Hall–Kier alpha value is -2.61. The molecule has 0 radical (unpaired) electrons. The Kier molecular flexibility index (Phi) is 7.88. The van der Waals surface area contributed by atoms with E-state index >= 15 is 0 Å². The van der Waals surface area contributed by atoms with Gasteiger partial charge in [0, 0.05) is 5.38 Å². The van der Waals surface area contributed by atoms with Crippen molar-refractivity contribution in [2.45, 2.75) is 27.2 Å². The number of rotatable bonds is 10. The minimum atomic E-state index is -0.286. The first-order valence-electron chi connectivity index (χ1n) is 8.45. The van der Waals surface area contributed by atoms with Gasteiger partial charge in [-0.05, 0) is 44.5 Å². The van der Waals surface area contributed by atoms with Gasteiger partial charge < -0.3 is 14.2 Å². The highest BCUT2D eigenvalue weighted by molar-refractivity contribution is 7.13. The summed E-state index contributed by atoms with van der Waals surface area (Å²) in [6.45, 7) is 7.13. The lowest BCUT2D eigenvalue weighted by atomic mass is 10.2. The molecule has 7 nitrogen and oxygen atoms in total. The van der Waals surface area contributed by atoms with Gasteiger partial charge in [-0.1, -0.05) is 0 Å². The largest absolute Gasteiger partial charge is 0.490 e. The summed E-state index contributed by atoms with van der Waals surface area (Å²) in [6, 6.07) is 5.62. The molecule has 0 bridgehead atoms. The maximum Gasteiger partial charge on any atom is 0.311 e. The molecule has 0 fully saturated rings. The minimum Gasteiger partial charge on any atom is -0.490 e. The molecule has 2 aromatic rings. The number of esters is 1. The topological polar surface area (TPSA) is 82.0 Å². The Balaban J connectivity index is 1.96. The van der Waals surface area contributed by atoms with Gasteiger partial charge in [-0.3, -0.25) is 10.2 Å². The number of anilines is 1. The normalized spacial score (nSPS) is 10.7. The van der Waals surface area contributed by atoms with Crippen LogP contribution in [0, 0.1) is 0 Å². The van der Waals surface area contributed by atoms with Crippen LogP contribution in [0.1, 0.15) is 32.0 Å². The molecule has 1 N–H and O–H groups in total. The highest BCUT2D eigenvalue weighted by atomic mass is 32.1. The maximum atomic E-state index is 11.5. The lowest BCUT2D eigenvalue weighted by Gasteiger charge is -2.11. The Morgan fingerprint density at radius 2 is 1.96 bits per heavy atom. The Morgan fingerprint density at radius 3 is 2.69 bits per heavy atom. The lowest BCUT2D eigenvalue weighted by molar-refractivity contribution is -0.142. The van der Waals surface area contributed by atoms with E-state index in [2.05, 4.69) is 15.5 Å². The fraction of sp³-hybridized carbons (Fsp3) is 0.389. The third-order valence-electron chi connectivity index (χ3n) is 3.12. The van der Waals surface area contributed by atoms with Crippen LogP contribution in [-0.4, -0.2) is 37.0 Å². The van der Waals surface area contributed by atoms with E-state index in [4.69, 9.17) is 14.2 Å². The summed E-state index contributed by atoms with van der Waals surface area (Å²) >= 11 is 1.38. The van der Waals surface area contributed by atoms with E-state index in [-0.39, 0.29) is 12.4 Å². The molecule has 1 heterocycles. The third kappa shape index (κ3) is 6.03. The number of nitrogens with one attached hydrogen (secondary N) is 1. The standard InChI is InChI=1S/C18H23N3O4S/c1-4-23-15-8-7-13(9-16(15)24-5-2)11-19-21-18-20-14(12-26-18)10-17(22)25-6-3/h7-9,11-12H,4-6,10H2,1-3H3,(H,20,21). The Bertz CT molecular complexity index is 746. The van der Waals surface area contributed by atoms with Crippen molar-refractivity contribution < 1.29 is 19.0 Å². The zero-order chi connectivity index (χ0) is 18.8. The minimum absolute atomic E-state index is 0.159. The number of carbonyl (C=O) groups is 1. The Labute approximate surface area is 157 Å². The zero-order valence-electron chi connectivity index (χ0n) is 15.2. The van der Waals surface area contributed by atoms with Crippen molar-refractivity contribution in [3.63, 3.8) is 0 Å². The molecule has 140 valence electrons. The van der Waals surface area contributed by atoms with E-state index in [0.717, 1.165) is 5.56 Å². The molecule has 0 aliphatic carbocycles. The van der Waals surface area contributed by atoms with Crippen LogP contribution < -0.4 is 14.9 Å². The highest BCUT2D eigenvalue weighted by Gasteiger charge is 2.08. The highest BCUT2D eigenvalue weighted by Crippen LogP contribution is 2.28. The number of ether oxygens (including phenoxy) is 3. The number of hydrogen-bond acceptors (Lipinski definition) is 8. The first-order chi connectivity index (χ1) is 12.7. The number of hydrogen-bond donors (Lipinski definition) is 1. The zero-order valence-corrected chi connectivity index (χ0v) is 16.0. The van der Waals surface area contributed by atoms with Crippen molar-refractivity contribution in [2.75, 3.05) is 25.2 Å². The van der Waals surface area contributed by atoms with Crippen LogP contribution in [0.4, 0.5) is 5.13 Å². The molecule has 1 aromatic heterocycles. The molecule has 8 heteroatoms. The van der Waals surface area contributed by atoms with Crippen molar-refractivity contribution in [3.8, 4) is 11.5 Å². The maximum absolute atomic E-state index is 11.5. The van der Waals surface area contributed by atoms with E-state index in [1.165, 1.54) is 11.3 Å². The molecular formula is C18H23N3O4S. The number of aromatic nitrogens is 1. The summed E-state index contributed by atoms with van der Waals surface area (Å²) in [5, 5.41) is 6.59. The fourth-order valence-corrected chi connectivity index (χ4v) is 2.77. The van der Waals surface area contributed by atoms with Gasteiger partial charge in [0.05, 0.1) is 38.1 Å². The Morgan fingerprint density at radius 1 is 1.19 bits per heavy atom. The number of carbonyl (C=O) groups excluding carboxylic acids is 1. The summed E-state index contributed by atoms with van der Waals surface area (Å²) in [5.74, 6) is 1.11. The lowest BCUT2D eigenvalue weighted by Crippen LogP contribution is -2.07. The van der Waals surface area contributed by atoms with E-state index in [1.54, 1.807) is 18.5 Å². The number of benzene rings is 1. The molecular weight excluding hydrogens is 354 g/mol. The number of thiazole rings is 1. The average molecular weight is 377 g/mol. The molecule has 0 saturated heterocycles. The second-order valence-electron chi connectivity index (χ2n) is 5.07. The third-order valence-corrected chi connectivity index (χ3v) is 3.92. The van der Waals surface area contributed by atoms with Crippen molar-refractivity contribution in [1.29, 1.82) is 0 Å². The second kappa shape index (κ2) is 10.4. The van der Waals surface area contributed by atoms with E-state index < -0.39 is 0 Å². The monoisotopic (exact) mass is 377 g/mol. The van der Waals surface area contributed by atoms with Gasteiger partial charge in [0.15, 0.2) is 11.5 Å². The molecule has 0 unspecified atom stereocenters. The van der Waals surface area contributed by atoms with Crippen LogP contribution in [-0.2, 0) is 16.0 Å². The first kappa shape index (κ1) is 19.7. The molecule has 0 saturated carbocycles. The summed E-state index contributed by atoms with van der Waals surface area (Å²) in [4.78, 5) is 15.7. The van der Waals surface area contributed by atoms with Gasteiger partial charge in [0.2, 0.25) is 5.13 Å². The van der Waals surface area contributed by atoms with Crippen LogP contribution in [0.25, 0.3) is 0 Å². The van der Waals surface area contributed by atoms with Crippen LogP contribution in [0.15, 0.2) is 28.7 Å². The van der Waals surface area contributed by atoms with Crippen LogP contribution in [0.5, 0.6) is 11.5 Å². The number of hydrazone groups is 1. The van der Waals surface area contributed by atoms with Crippen molar-refractivity contribution >= 4 is 28.7 Å². The first-order valence-corrected chi connectivity index (χ1v) is 9.32. The van der Waals surface area contributed by atoms with Gasteiger partial charge in [-0.25, -0.2) is 4.98 Å². The van der Waals surface area contributed by atoms with Crippen LogP contribution >= 0.6 is 11.3 Å². The fourth-order valence-electron chi connectivity index (χ4n) is 2.11. The molecule has 2 rings (SSSR count). The quantitative estimate of drug-likeness (QED) is 0.388. The van der Waals surface area contributed by atoms with Gasteiger partial charge >= 0.3 is 5.97 Å². The SMILES string of the molecule is CCOC(=O)Cc1csc(NN=Cc2ccc(OCC)c(OCC)c2)n1. The van der Waals surface area contributed by atoms with Gasteiger partial charge in [-0.2, -0.15) is 5.10 Å². The van der Waals surface area contributed by atoms with Gasteiger partial charge in [0.25, 0.3) is 0 Å². The second-order valence-corrected chi connectivity index (χ2v) is 5.93. The van der Waals surface area contributed by atoms with E-state index in [9.17, 15) is 4.79 Å². The molecule has 1 aromatic carbocycles. The number of nitrogens with zero attached hydrogens (tertiary/aromatic N) is 2. The van der Waals surface area contributed by atoms with E-state index in [1.807, 2.05) is 32.0 Å². The molecule has 0 spiro atoms. The molecule has 26 heavy (non-hydrogen) atoms. The van der Waals surface area contributed by atoms with Gasteiger partial charge in [-0.15, -0.1) is 11.3 Å². The van der Waals surface area contributed by atoms with E-state index in [0.29, 0.717) is 42.1 Å². The van der Waals surface area contributed by atoms with Gasteiger partial charge in [0.1, 0.15) is 0 Å². The van der Waals surface area contributed by atoms with Crippen LogP contribution in [0.2, 0.25) is 0 Å². The predicted molar refractivity (Wildman–Crippen MR) is 102 cm³/mol. The van der Waals surface area contributed by atoms with Crippen molar-refractivity contribution in [2.24, 2.45) is 5.10 Å². The summed E-state index contributed by atoms with van der Waals surface area (Å²) < 4.78 is 16.0. The summed E-state index contributed by atoms with van der Waals surface area (Å²) in [7, 11) is 0. The predicted octanol–water partition coefficient (Wildman–Crippen LogP) is 3.49. The average Bonchev–Trinajstić information content (AvgIpc) is 3.05. The molecule has 0 aliphatic heterocycles. The molecule has 0 amide bonds.